The number of anilines is 1. The SMILES string of the molecule is CCc1cc(C(=O)Nc2ccc(C)c(C(F)(F)F)c2)on1. The molecule has 0 bridgehead atoms. The number of hydrogen-bond acceptors (Lipinski definition) is 3. The molecule has 1 amide bonds. The molecule has 0 aliphatic heterocycles. The summed E-state index contributed by atoms with van der Waals surface area (Å²) in [6, 6.07) is 5.05. The van der Waals surface area contributed by atoms with Crippen molar-refractivity contribution in [3.05, 3.63) is 46.8 Å². The van der Waals surface area contributed by atoms with E-state index in [1.54, 1.807) is 0 Å². The van der Waals surface area contributed by atoms with E-state index in [-0.39, 0.29) is 17.0 Å². The van der Waals surface area contributed by atoms with E-state index in [1.165, 1.54) is 25.1 Å². The summed E-state index contributed by atoms with van der Waals surface area (Å²) in [5.74, 6) is -0.680. The zero-order chi connectivity index (χ0) is 15.6. The molecule has 4 nitrogen and oxygen atoms in total. The predicted molar refractivity (Wildman–Crippen MR) is 70.0 cm³/mol. The van der Waals surface area contributed by atoms with Crippen LogP contribution in [0.3, 0.4) is 0 Å². The number of nitrogens with zero attached hydrogens (tertiary/aromatic N) is 1. The van der Waals surface area contributed by atoms with Crippen LogP contribution in [0.1, 0.15) is 34.3 Å². The van der Waals surface area contributed by atoms with Crippen LogP contribution in [0.15, 0.2) is 28.8 Å². The maximum atomic E-state index is 12.8. The number of carbonyl (C=O) groups excluding carboxylic acids is 1. The Morgan fingerprint density at radius 1 is 1.33 bits per heavy atom. The highest BCUT2D eigenvalue weighted by molar-refractivity contribution is 6.02. The first-order valence-corrected chi connectivity index (χ1v) is 6.26. The molecule has 0 unspecified atom stereocenters. The highest BCUT2D eigenvalue weighted by atomic mass is 19.4. The number of alkyl halides is 3. The number of benzene rings is 1. The normalized spacial score (nSPS) is 11.5. The second-order valence-corrected chi connectivity index (χ2v) is 4.52. The number of amides is 1. The molecule has 7 heteroatoms. The van der Waals surface area contributed by atoms with Crippen molar-refractivity contribution < 1.29 is 22.5 Å². The lowest BCUT2D eigenvalue weighted by atomic mass is 10.1. The minimum absolute atomic E-state index is 0.0408. The molecule has 1 aromatic heterocycles. The van der Waals surface area contributed by atoms with Crippen LogP contribution in [-0.4, -0.2) is 11.1 Å². The molecule has 0 radical (unpaired) electrons. The monoisotopic (exact) mass is 298 g/mol. The zero-order valence-electron chi connectivity index (χ0n) is 11.4. The van der Waals surface area contributed by atoms with Crippen molar-refractivity contribution in [2.45, 2.75) is 26.4 Å². The molecule has 0 saturated carbocycles. The quantitative estimate of drug-likeness (QED) is 0.937. The fraction of sp³-hybridized carbons (Fsp3) is 0.286. The number of rotatable bonds is 3. The van der Waals surface area contributed by atoms with E-state index in [4.69, 9.17) is 4.52 Å². The molecule has 0 aliphatic rings. The second-order valence-electron chi connectivity index (χ2n) is 4.52. The van der Waals surface area contributed by atoms with Gasteiger partial charge in [0.15, 0.2) is 0 Å². The van der Waals surface area contributed by atoms with Crippen LogP contribution in [0.5, 0.6) is 0 Å². The molecule has 0 saturated heterocycles. The van der Waals surface area contributed by atoms with E-state index in [0.29, 0.717) is 12.1 Å². The highest BCUT2D eigenvalue weighted by Gasteiger charge is 2.32. The Labute approximate surface area is 118 Å². The Kier molecular flexibility index (Phi) is 4.02. The number of carbonyl (C=O) groups is 1. The molecule has 2 rings (SSSR count). The van der Waals surface area contributed by atoms with Crippen LogP contribution in [-0.2, 0) is 12.6 Å². The van der Waals surface area contributed by atoms with Gasteiger partial charge in [-0.15, -0.1) is 0 Å². The van der Waals surface area contributed by atoms with Gasteiger partial charge in [0.1, 0.15) is 0 Å². The van der Waals surface area contributed by atoms with Crippen LogP contribution in [0.2, 0.25) is 0 Å². The molecule has 1 N–H and O–H groups in total. The van der Waals surface area contributed by atoms with E-state index >= 15 is 0 Å². The van der Waals surface area contributed by atoms with Gasteiger partial charge in [-0.3, -0.25) is 4.79 Å². The van der Waals surface area contributed by atoms with Gasteiger partial charge in [-0.1, -0.05) is 18.1 Å². The molecule has 1 heterocycles. The first-order chi connectivity index (χ1) is 9.81. The number of aryl methyl sites for hydroxylation is 2. The van der Waals surface area contributed by atoms with Crippen LogP contribution in [0, 0.1) is 6.92 Å². The summed E-state index contributed by atoms with van der Waals surface area (Å²) in [5.41, 5.74) is -0.0482. The number of aromatic nitrogens is 1. The summed E-state index contributed by atoms with van der Waals surface area (Å²) in [6.07, 6.45) is -3.87. The average Bonchev–Trinajstić information content (AvgIpc) is 2.88. The molecule has 1 aromatic carbocycles. The standard InChI is InChI=1S/C14H13F3N2O2/c1-3-9-7-12(21-19-9)13(20)18-10-5-4-8(2)11(6-10)14(15,16)17/h4-7H,3H2,1-2H3,(H,18,20). The first-order valence-electron chi connectivity index (χ1n) is 6.26. The maximum absolute atomic E-state index is 12.8. The van der Waals surface area contributed by atoms with Crippen molar-refractivity contribution >= 4 is 11.6 Å². The largest absolute Gasteiger partial charge is 0.416 e. The number of hydrogen-bond donors (Lipinski definition) is 1. The summed E-state index contributed by atoms with van der Waals surface area (Å²) in [6.45, 7) is 3.20. The summed E-state index contributed by atoms with van der Waals surface area (Å²) in [7, 11) is 0. The summed E-state index contributed by atoms with van der Waals surface area (Å²) in [5, 5.41) is 6.02. The van der Waals surface area contributed by atoms with Gasteiger partial charge < -0.3 is 9.84 Å². The van der Waals surface area contributed by atoms with Gasteiger partial charge >= 0.3 is 6.18 Å². The molecular formula is C14H13F3N2O2. The van der Waals surface area contributed by atoms with Crippen molar-refractivity contribution in [2.75, 3.05) is 5.32 Å². The van der Waals surface area contributed by atoms with Gasteiger partial charge in [0.05, 0.1) is 11.3 Å². The van der Waals surface area contributed by atoms with Gasteiger partial charge in [0, 0.05) is 11.8 Å². The lowest BCUT2D eigenvalue weighted by molar-refractivity contribution is -0.138. The van der Waals surface area contributed by atoms with E-state index in [9.17, 15) is 18.0 Å². The highest BCUT2D eigenvalue weighted by Crippen LogP contribution is 2.33. The summed E-state index contributed by atoms with van der Waals surface area (Å²) < 4.78 is 43.2. The lowest BCUT2D eigenvalue weighted by Crippen LogP contribution is -2.13. The van der Waals surface area contributed by atoms with Crippen molar-refractivity contribution in [1.29, 1.82) is 0 Å². The molecule has 0 atom stereocenters. The van der Waals surface area contributed by atoms with Gasteiger partial charge in [0.2, 0.25) is 5.76 Å². The molecule has 0 spiro atoms. The third-order valence-corrected chi connectivity index (χ3v) is 2.95. The van der Waals surface area contributed by atoms with Gasteiger partial charge in [0.25, 0.3) is 5.91 Å². The van der Waals surface area contributed by atoms with E-state index in [2.05, 4.69) is 10.5 Å². The Balaban J connectivity index is 2.21. The van der Waals surface area contributed by atoms with Crippen LogP contribution >= 0.6 is 0 Å². The van der Waals surface area contributed by atoms with Gasteiger partial charge in [-0.25, -0.2) is 0 Å². The second kappa shape index (κ2) is 5.59. The fourth-order valence-electron chi connectivity index (χ4n) is 1.78. The third-order valence-electron chi connectivity index (χ3n) is 2.95. The maximum Gasteiger partial charge on any atom is 0.416 e. The van der Waals surface area contributed by atoms with Crippen LogP contribution in [0.25, 0.3) is 0 Å². The van der Waals surface area contributed by atoms with Crippen molar-refractivity contribution in [3.8, 4) is 0 Å². The number of nitrogens with one attached hydrogen (secondary N) is 1. The fourth-order valence-corrected chi connectivity index (χ4v) is 1.78. The van der Waals surface area contributed by atoms with Crippen molar-refractivity contribution in [3.63, 3.8) is 0 Å². The van der Waals surface area contributed by atoms with E-state index in [1.807, 2.05) is 6.92 Å². The van der Waals surface area contributed by atoms with E-state index in [0.717, 1.165) is 6.07 Å². The average molecular weight is 298 g/mol. The van der Waals surface area contributed by atoms with E-state index < -0.39 is 17.6 Å². The molecule has 0 fully saturated rings. The topological polar surface area (TPSA) is 55.1 Å². The number of halogens is 3. The molecule has 112 valence electrons. The van der Waals surface area contributed by atoms with Crippen molar-refractivity contribution in [1.82, 2.24) is 5.16 Å². The minimum Gasteiger partial charge on any atom is -0.351 e. The van der Waals surface area contributed by atoms with Crippen LogP contribution in [0.4, 0.5) is 18.9 Å². The molecule has 2 aromatic rings. The minimum atomic E-state index is -4.47. The molecule has 0 aliphatic carbocycles. The Hall–Kier alpha value is -2.31. The third kappa shape index (κ3) is 3.42. The van der Waals surface area contributed by atoms with Crippen LogP contribution < -0.4 is 5.32 Å². The first kappa shape index (κ1) is 15.1. The van der Waals surface area contributed by atoms with Crippen molar-refractivity contribution in [2.24, 2.45) is 0 Å². The Bertz CT molecular complexity index is 662. The smallest absolute Gasteiger partial charge is 0.351 e. The Morgan fingerprint density at radius 2 is 2.05 bits per heavy atom. The summed E-state index contributed by atoms with van der Waals surface area (Å²) >= 11 is 0. The zero-order valence-corrected chi connectivity index (χ0v) is 11.4. The Morgan fingerprint density at radius 3 is 2.62 bits per heavy atom. The van der Waals surface area contributed by atoms with Gasteiger partial charge in [-0.2, -0.15) is 13.2 Å². The molecule has 21 heavy (non-hydrogen) atoms. The predicted octanol–water partition coefficient (Wildman–Crippen LogP) is 3.82. The van der Waals surface area contributed by atoms with Gasteiger partial charge in [-0.05, 0) is 31.0 Å². The lowest BCUT2D eigenvalue weighted by Gasteiger charge is -2.12. The molecular weight excluding hydrogens is 285 g/mol. The summed E-state index contributed by atoms with van der Waals surface area (Å²) in [4.78, 5) is 11.9.